The maximum absolute atomic E-state index is 10.1. The minimum Gasteiger partial charge on any atom is -0.393 e. The molecule has 0 aromatic carbocycles. The second-order valence-electron chi connectivity index (χ2n) is 7.36. The summed E-state index contributed by atoms with van der Waals surface area (Å²) in [5.41, 5.74) is -0.175. The number of hydrogen-bond acceptors (Lipinski definition) is 3. The molecule has 0 spiro atoms. The molecule has 2 fully saturated rings. The number of aliphatic hydroxyl groups is 1. The van der Waals surface area contributed by atoms with Crippen LogP contribution >= 0.6 is 0 Å². The van der Waals surface area contributed by atoms with Crippen molar-refractivity contribution in [2.75, 3.05) is 13.1 Å². The first kappa shape index (κ1) is 15.8. The Labute approximate surface area is 124 Å². The summed E-state index contributed by atoms with van der Waals surface area (Å²) in [5, 5.41) is 19.1. The zero-order valence-corrected chi connectivity index (χ0v) is 13.1. The number of aliphatic hydroxyl groups excluding tert-OH is 1. The molecular formula is C17H30N2O. The SMILES string of the molecule is CC(C)(C#N)CCCCN1CCCC1C1CCCC1O. The van der Waals surface area contributed by atoms with E-state index in [0.29, 0.717) is 12.0 Å². The summed E-state index contributed by atoms with van der Waals surface area (Å²) in [4.78, 5) is 2.61. The van der Waals surface area contributed by atoms with E-state index >= 15 is 0 Å². The fourth-order valence-electron chi connectivity index (χ4n) is 3.97. The van der Waals surface area contributed by atoms with Crippen LogP contribution in [-0.4, -0.2) is 35.2 Å². The van der Waals surface area contributed by atoms with E-state index < -0.39 is 0 Å². The number of nitriles is 1. The van der Waals surface area contributed by atoms with Gasteiger partial charge >= 0.3 is 0 Å². The van der Waals surface area contributed by atoms with Crippen LogP contribution in [0.1, 0.15) is 65.2 Å². The van der Waals surface area contributed by atoms with Crippen molar-refractivity contribution in [3.63, 3.8) is 0 Å². The molecule has 0 radical (unpaired) electrons. The van der Waals surface area contributed by atoms with Gasteiger partial charge in [0, 0.05) is 12.0 Å². The molecule has 3 atom stereocenters. The first-order chi connectivity index (χ1) is 9.53. The summed E-state index contributed by atoms with van der Waals surface area (Å²) in [7, 11) is 0. The van der Waals surface area contributed by atoms with Gasteiger partial charge in [-0.2, -0.15) is 5.26 Å². The molecule has 3 nitrogen and oxygen atoms in total. The Hall–Kier alpha value is -0.590. The van der Waals surface area contributed by atoms with E-state index in [2.05, 4.69) is 11.0 Å². The number of rotatable bonds is 6. The Morgan fingerprint density at radius 3 is 2.65 bits per heavy atom. The number of likely N-dealkylation sites (tertiary alicyclic amines) is 1. The lowest BCUT2D eigenvalue weighted by atomic mass is 9.89. The molecule has 1 aliphatic heterocycles. The molecule has 1 heterocycles. The van der Waals surface area contributed by atoms with Crippen LogP contribution < -0.4 is 0 Å². The van der Waals surface area contributed by atoms with Crippen LogP contribution in [0.4, 0.5) is 0 Å². The number of nitrogens with zero attached hydrogens (tertiary/aromatic N) is 2. The van der Waals surface area contributed by atoms with E-state index in [1.807, 2.05) is 13.8 Å². The van der Waals surface area contributed by atoms with E-state index in [1.165, 1.54) is 38.6 Å². The predicted molar refractivity (Wildman–Crippen MR) is 81.2 cm³/mol. The second-order valence-corrected chi connectivity index (χ2v) is 7.36. The minimum atomic E-state index is -0.175. The maximum Gasteiger partial charge on any atom is 0.0683 e. The Bertz CT molecular complexity index is 347. The first-order valence-corrected chi connectivity index (χ1v) is 8.37. The number of unbranched alkanes of at least 4 members (excludes halogenated alkanes) is 1. The predicted octanol–water partition coefficient (Wildman–Crippen LogP) is 3.33. The van der Waals surface area contributed by atoms with Crippen molar-refractivity contribution in [2.45, 2.75) is 77.4 Å². The van der Waals surface area contributed by atoms with Gasteiger partial charge in [0.05, 0.1) is 17.6 Å². The van der Waals surface area contributed by atoms with E-state index in [-0.39, 0.29) is 11.5 Å². The largest absolute Gasteiger partial charge is 0.393 e. The summed E-state index contributed by atoms with van der Waals surface area (Å²) in [6, 6.07) is 3.00. The van der Waals surface area contributed by atoms with Crippen LogP contribution in [0.5, 0.6) is 0 Å². The van der Waals surface area contributed by atoms with Crippen LogP contribution in [0.3, 0.4) is 0 Å². The Balaban J connectivity index is 1.73. The summed E-state index contributed by atoms with van der Waals surface area (Å²) in [5.74, 6) is 0.521. The zero-order chi connectivity index (χ0) is 14.6. The normalized spacial score (nSPS) is 31.6. The Morgan fingerprint density at radius 1 is 1.20 bits per heavy atom. The average Bonchev–Trinajstić information content (AvgIpc) is 3.03. The van der Waals surface area contributed by atoms with Gasteiger partial charge in [0.1, 0.15) is 0 Å². The fourth-order valence-corrected chi connectivity index (χ4v) is 3.97. The van der Waals surface area contributed by atoms with Gasteiger partial charge in [-0.1, -0.05) is 12.8 Å². The smallest absolute Gasteiger partial charge is 0.0683 e. The van der Waals surface area contributed by atoms with E-state index in [0.717, 1.165) is 25.8 Å². The van der Waals surface area contributed by atoms with E-state index in [1.54, 1.807) is 0 Å². The van der Waals surface area contributed by atoms with Gasteiger partial charge < -0.3 is 10.0 Å². The quantitative estimate of drug-likeness (QED) is 0.758. The third kappa shape index (κ3) is 3.96. The molecule has 1 saturated heterocycles. The van der Waals surface area contributed by atoms with Crippen molar-refractivity contribution < 1.29 is 5.11 Å². The van der Waals surface area contributed by atoms with Crippen molar-refractivity contribution >= 4 is 0 Å². The molecule has 2 rings (SSSR count). The van der Waals surface area contributed by atoms with Gasteiger partial charge in [0.2, 0.25) is 0 Å². The van der Waals surface area contributed by atoms with E-state index in [4.69, 9.17) is 5.26 Å². The third-order valence-electron chi connectivity index (χ3n) is 5.24. The average molecular weight is 278 g/mol. The first-order valence-electron chi connectivity index (χ1n) is 8.37. The second kappa shape index (κ2) is 6.91. The van der Waals surface area contributed by atoms with Crippen LogP contribution in [0, 0.1) is 22.7 Å². The summed E-state index contributed by atoms with van der Waals surface area (Å²) in [6.45, 7) is 6.41. The van der Waals surface area contributed by atoms with Crippen LogP contribution in [-0.2, 0) is 0 Å². The lowest BCUT2D eigenvalue weighted by molar-refractivity contribution is 0.0738. The molecule has 3 unspecified atom stereocenters. The maximum atomic E-state index is 10.1. The fraction of sp³-hybridized carbons (Fsp3) is 0.941. The highest BCUT2D eigenvalue weighted by Gasteiger charge is 2.37. The van der Waals surface area contributed by atoms with Gasteiger partial charge in [-0.15, -0.1) is 0 Å². The molecule has 0 bridgehead atoms. The van der Waals surface area contributed by atoms with Crippen molar-refractivity contribution in [3.8, 4) is 6.07 Å². The van der Waals surface area contributed by atoms with Gasteiger partial charge in [0.25, 0.3) is 0 Å². The van der Waals surface area contributed by atoms with E-state index in [9.17, 15) is 5.11 Å². The Kier molecular flexibility index (Phi) is 5.46. The van der Waals surface area contributed by atoms with Crippen LogP contribution in [0.25, 0.3) is 0 Å². The van der Waals surface area contributed by atoms with Crippen molar-refractivity contribution in [2.24, 2.45) is 11.3 Å². The monoisotopic (exact) mass is 278 g/mol. The lowest BCUT2D eigenvalue weighted by Crippen LogP contribution is -2.39. The Morgan fingerprint density at radius 2 is 2.00 bits per heavy atom. The standard InChI is InChI=1S/C17H30N2O/c1-17(2,13-18)10-3-4-11-19-12-6-8-15(19)14-7-5-9-16(14)20/h14-16,20H,3-12H2,1-2H3. The molecule has 2 aliphatic rings. The van der Waals surface area contributed by atoms with Crippen molar-refractivity contribution in [1.82, 2.24) is 4.90 Å². The summed E-state index contributed by atoms with van der Waals surface area (Å²) in [6.07, 6.45) is 9.23. The molecule has 0 amide bonds. The van der Waals surface area contributed by atoms with Crippen LogP contribution in [0.2, 0.25) is 0 Å². The summed E-state index contributed by atoms with van der Waals surface area (Å²) >= 11 is 0. The third-order valence-corrected chi connectivity index (χ3v) is 5.24. The molecule has 0 aromatic heterocycles. The molecule has 0 aromatic rings. The highest BCUT2D eigenvalue weighted by Crippen LogP contribution is 2.36. The molecule has 20 heavy (non-hydrogen) atoms. The molecule has 1 aliphatic carbocycles. The zero-order valence-electron chi connectivity index (χ0n) is 13.1. The van der Waals surface area contributed by atoms with Gasteiger partial charge in [-0.25, -0.2) is 0 Å². The minimum absolute atomic E-state index is 0.0573. The van der Waals surface area contributed by atoms with Gasteiger partial charge in [0.15, 0.2) is 0 Å². The highest BCUT2D eigenvalue weighted by molar-refractivity contribution is 4.93. The van der Waals surface area contributed by atoms with Gasteiger partial charge in [-0.3, -0.25) is 0 Å². The van der Waals surface area contributed by atoms with Crippen molar-refractivity contribution in [3.05, 3.63) is 0 Å². The van der Waals surface area contributed by atoms with Crippen LogP contribution in [0.15, 0.2) is 0 Å². The topological polar surface area (TPSA) is 47.3 Å². The molecule has 1 saturated carbocycles. The van der Waals surface area contributed by atoms with Gasteiger partial charge in [-0.05, 0) is 65.5 Å². The highest BCUT2D eigenvalue weighted by atomic mass is 16.3. The molecule has 114 valence electrons. The molecule has 3 heteroatoms. The summed E-state index contributed by atoms with van der Waals surface area (Å²) < 4.78 is 0. The lowest BCUT2D eigenvalue weighted by Gasteiger charge is -2.31. The van der Waals surface area contributed by atoms with Crippen molar-refractivity contribution in [1.29, 1.82) is 5.26 Å². The molecular weight excluding hydrogens is 248 g/mol. The number of hydrogen-bond donors (Lipinski definition) is 1. The molecule has 1 N–H and O–H groups in total.